The summed E-state index contributed by atoms with van der Waals surface area (Å²) in [5.41, 5.74) is 3.43. The molecule has 1 aliphatic rings. The number of carbonyl (C=O) groups is 1. The number of thioether (sulfide) groups is 1. The summed E-state index contributed by atoms with van der Waals surface area (Å²) in [5.74, 6) is 0.727. The predicted octanol–water partition coefficient (Wildman–Crippen LogP) is 5.79. The van der Waals surface area contributed by atoms with Crippen molar-refractivity contribution in [3.8, 4) is 5.75 Å². The van der Waals surface area contributed by atoms with Crippen LogP contribution in [0.25, 0.3) is 10.9 Å². The molecule has 1 atom stereocenters. The molecule has 0 saturated heterocycles. The molecule has 0 saturated carbocycles. The summed E-state index contributed by atoms with van der Waals surface area (Å²) in [4.78, 5) is 17.9. The fourth-order valence-electron chi connectivity index (χ4n) is 3.56. The van der Waals surface area contributed by atoms with Gasteiger partial charge in [0.2, 0.25) is 5.91 Å². The number of fused-ring (bicyclic) bond motifs is 2. The number of nitrogens with one attached hydrogen (secondary N) is 1. The van der Waals surface area contributed by atoms with Gasteiger partial charge in [-0.15, -0.1) is 0 Å². The van der Waals surface area contributed by atoms with E-state index in [0.29, 0.717) is 19.6 Å². The zero-order chi connectivity index (χ0) is 21.8. The fourth-order valence-corrected chi connectivity index (χ4v) is 4.62. The van der Waals surface area contributed by atoms with Crippen LogP contribution in [0.2, 0.25) is 0 Å². The Balaban J connectivity index is 1.21. The van der Waals surface area contributed by atoms with Crippen LogP contribution in [0.5, 0.6) is 5.75 Å². The summed E-state index contributed by atoms with van der Waals surface area (Å²) in [6.07, 6.45) is 0.309. The highest BCUT2D eigenvalue weighted by molar-refractivity contribution is 8.00. The first-order valence-electron chi connectivity index (χ1n) is 10.5. The number of carbonyl (C=O) groups excluding carboxylic acids is 1. The van der Waals surface area contributed by atoms with Crippen LogP contribution in [-0.2, 0) is 22.7 Å². The van der Waals surface area contributed by atoms with E-state index in [2.05, 4.69) is 16.4 Å². The van der Waals surface area contributed by atoms with Gasteiger partial charge in [0.05, 0.1) is 29.9 Å². The zero-order valence-corrected chi connectivity index (χ0v) is 18.2. The Kier molecular flexibility index (Phi) is 6.05. The van der Waals surface area contributed by atoms with Gasteiger partial charge in [-0.25, -0.2) is 4.98 Å². The molecule has 0 bridgehead atoms. The minimum Gasteiger partial charge on any atom is -0.487 e. The molecule has 160 valence electrons. The number of para-hydroxylation sites is 2. The molecule has 3 aromatic carbocycles. The highest BCUT2D eigenvalue weighted by atomic mass is 32.2. The third-order valence-corrected chi connectivity index (χ3v) is 6.32. The number of nitrogens with zero attached hydrogens (tertiary/aromatic N) is 1. The van der Waals surface area contributed by atoms with Gasteiger partial charge in [-0.1, -0.05) is 60.3 Å². The first-order chi connectivity index (χ1) is 15.7. The molecule has 0 spiro atoms. The van der Waals surface area contributed by atoms with Crippen LogP contribution >= 0.6 is 11.8 Å². The van der Waals surface area contributed by atoms with Crippen molar-refractivity contribution in [2.75, 3.05) is 5.32 Å². The minimum atomic E-state index is -0.245. The largest absolute Gasteiger partial charge is 0.487 e. The van der Waals surface area contributed by atoms with E-state index >= 15 is 0 Å². The SMILES string of the molecule is O=C1CC(OCc2cccc(OCc3ccc4ccccc4n3)c2)Sc2ccccc2N1. The highest BCUT2D eigenvalue weighted by Crippen LogP contribution is 2.35. The molecule has 0 radical (unpaired) electrons. The topological polar surface area (TPSA) is 60.5 Å². The first kappa shape index (κ1) is 20.5. The average molecular weight is 443 g/mol. The Hall–Kier alpha value is -3.35. The lowest BCUT2D eigenvalue weighted by molar-refractivity contribution is -0.117. The summed E-state index contributed by atoms with van der Waals surface area (Å²) in [7, 11) is 0. The van der Waals surface area contributed by atoms with E-state index in [0.717, 1.165) is 38.5 Å². The maximum atomic E-state index is 12.2. The van der Waals surface area contributed by atoms with Gasteiger partial charge in [-0.2, -0.15) is 0 Å². The lowest BCUT2D eigenvalue weighted by Crippen LogP contribution is -2.17. The monoisotopic (exact) mass is 442 g/mol. The second kappa shape index (κ2) is 9.42. The second-order valence-corrected chi connectivity index (χ2v) is 8.74. The van der Waals surface area contributed by atoms with Crippen LogP contribution < -0.4 is 10.1 Å². The number of amides is 1. The molecule has 2 heterocycles. The molecule has 0 aliphatic carbocycles. The Bertz CT molecular complexity index is 1260. The van der Waals surface area contributed by atoms with Gasteiger partial charge in [0, 0.05) is 10.3 Å². The molecule has 1 unspecified atom stereocenters. The predicted molar refractivity (Wildman–Crippen MR) is 127 cm³/mol. The number of aromatic nitrogens is 1. The van der Waals surface area contributed by atoms with Crippen molar-refractivity contribution in [3.05, 3.63) is 96.2 Å². The molecule has 1 aromatic heterocycles. The number of hydrogen-bond donors (Lipinski definition) is 1. The van der Waals surface area contributed by atoms with Gasteiger partial charge in [0.1, 0.15) is 17.8 Å². The number of ether oxygens (including phenoxy) is 2. The minimum absolute atomic E-state index is 0.0348. The second-order valence-electron chi connectivity index (χ2n) is 7.54. The van der Waals surface area contributed by atoms with Crippen LogP contribution in [0.15, 0.2) is 89.8 Å². The molecule has 5 rings (SSSR count). The summed E-state index contributed by atoms with van der Waals surface area (Å²) < 4.78 is 12.0. The van der Waals surface area contributed by atoms with Crippen molar-refractivity contribution in [2.45, 2.75) is 30.0 Å². The van der Waals surface area contributed by atoms with Gasteiger partial charge >= 0.3 is 0 Å². The lowest BCUT2D eigenvalue weighted by Gasteiger charge is -2.15. The molecule has 1 aliphatic heterocycles. The highest BCUT2D eigenvalue weighted by Gasteiger charge is 2.22. The molecule has 4 aromatic rings. The van der Waals surface area contributed by atoms with E-state index in [-0.39, 0.29) is 11.3 Å². The Morgan fingerprint density at radius 1 is 0.938 bits per heavy atom. The Morgan fingerprint density at radius 3 is 2.78 bits per heavy atom. The van der Waals surface area contributed by atoms with Gasteiger partial charge < -0.3 is 14.8 Å². The van der Waals surface area contributed by atoms with Crippen molar-refractivity contribution in [3.63, 3.8) is 0 Å². The molecular weight excluding hydrogens is 420 g/mol. The maximum absolute atomic E-state index is 12.2. The summed E-state index contributed by atoms with van der Waals surface area (Å²) in [6.45, 7) is 0.795. The quantitative estimate of drug-likeness (QED) is 0.409. The van der Waals surface area contributed by atoms with E-state index in [1.54, 1.807) is 11.8 Å². The van der Waals surface area contributed by atoms with Crippen LogP contribution in [-0.4, -0.2) is 16.3 Å². The summed E-state index contributed by atoms with van der Waals surface area (Å²) >= 11 is 1.57. The van der Waals surface area contributed by atoms with Gasteiger partial charge in [0.15, 0.2) is 0 Å². The average Bonchev–Trinajstić information content (AvgIpc) is 2.99. The van der Waals surface area contributed by atoms with Crippen LogP contribution in [0.1, 0.15) is 17.7 Å². The molecule has 1 N–H and O–H groups in total. The fraction of sp³-hybridized carbons (Fsp3) is 0.154. The van der Waals surface area contributed by atoms with E-state index in [1.807, 2.05) is 78.9 Å². The van der Waals surface area contributed by atoms with Crippen LogP contribution in [0.3, 0.4) is 0 Å². The van der Waals surface area contributed by atoms with Crippen LogP contribution in [0.4, 0.5) is 5.69 Å². The molecule has 32 heavy (non-hydrogen) atoms. The van der Waals surface area contributed by atoms with Crippen molar-refractivity contribution >= 4 is 34.3 Å². The van der Waals surface area contributed by atoms with Crippen molar-refractivity contribution < 1.29 is 14.3 Å². The van der Waals surface area contributed by atoms with E-state index < -0.39 is 0 Å². The van der Waals surface area contributed by atoms with Crippen molar-refractivity contribution in [2.24, 2.45) is 0 Å². The number of anilines is 1. The smallest absolute Gasteiger partial charge is 0.227 e. The van der Waals surface area contributed by atoms with Gasteiger partial charge in [-0.3, -0.25) is 4.79 Å². The van der Waals surface area contributed by atoms with Crippen molar-refractivity contribution in [1.82, 2.24) is 4.98 Å². The van der Waals surface area contributed by atoms with E-state index in [1.165, 1.54) is 0 Å². The molecule has 5 nitrogen and oxygen atoms in total. The molecule has 6 heteroatoms. The molecule has 0 fully saturated rings. The van der Waals surface area contributed by atoms with E-state index in [4.69, 9.17) is 9.47 Å². The third kappa shape index (κ3) is 4.93. The number of hydrogen-bond acceptors (Lipinski definition) is 5. The normalized spacial score (nSPS) is 15.6. The number of rotatable bonds is 6. The third-order valence-electron chi connectivity index (χ3n) is 5.15. The lowest BCUT2D eigenvalue weighted by atomic mass is 10.2. The summed E-state index contributed by atoms with van der Waals surface area (Å²) in [5, 5.41) is 4.05. The van der Waals surface area contributed by atoms with Crippen molar-refractivity contribution in [1.29, 1.82) is 0 Å². The Morgan fingerprint density at radius 2 is 1.81 bits per heavy atom. The number of pyridine rings is 1. The standard InChI is InChI=1S/C26H22N2O3S/c29-25-15-26(32-24-11-4-3-10-23(24)28-25)31-16-18-6-5-8-21(14-18)30-17-20-13-12-19-7-1-2-9-22(19)27-20/h1-14,26H,15-17H2,(H,28,29). The Labute approximate surface area is 190 Å². The maximum Gasteiger partial charge on any atom is 0.227 e. The zero-order valence-electron chi connectivity index (χ0n) is 17.4. The van der Waals surface area contributed by atoms with Gasteiger partial charge in [0.25, 0.3) is 0 Å². The van der Waals surface area contributed by atoms with Crippen LogP contribution in [0, 0.1) is 0 Å². The van der Waals surface area contributed by atoms with E-state index in [9.17, 15) is 4.79 Å². The summed E-state index contributed by atoms with van der Waals surface area (Å²) in [6, 6.07) is 27.7. The molecule has 1 amide bonds. The molecular formula is C26H22N2O3S. The van der Waals surface area contributed by atoms with Gasteiger partial charge in [-0.05, 0) is 42.0 Å². The number of benzene rings is 3. The first-order valence-corrected chi connectivity index (χ1v) is 11.3.